The molecule has 3 aromatic heterocycles. The molecule has 2 aliphatic rings. The third-order valence-electron chi connectivity index (χ3n) is 6.96. The third kappa shape index (κ3) is 3.08. The smallest absolute Gasteiger partial charge is 0.149 e. The number of aliphatic hydroxyl groups is 1. The van der Waals surface area contributed by atoms with Crippen LogP contribution in [0.4, 0.5) is 10.1 Å². The van der Waals surface area contributed by atoms with Gasteiger partial charge in [-0.15, -0.1) is 0 Å². The van der Waals surface area contributed by atoms with Crippen molar-refractivity contribution >= 4 is 22.1 Å². The molecule has 6 heteroatoms. The lowest BCUT2D eigenvalue weighted by Gasteiger charge is -2.42. The molecular formula is C25H25FN4O. The van der Waals surface area contributed by atoms with Crippen LogP contribution in [0.5, 0.6) is 0 Å². The standard InChI is InChI=1S/C25H25FN4O/c26-21-7-8-22(20-2-1-10-28-24(20)21)29-11-9-16(14-31)12-23(29)25-19(17-3-4-17)6-5-18-13-27-15-30(18)25/h1-2,5-8,10,13,15-17,23,31H,3-4,9,11-12,14H2/t16?,23-/m1/s1. The number of halogens is 1. The maximum absolute atomic E-state index is 14.5. The molecule has 1 saturated carbocycles. The predicted octanol–water partition coefficient (Wildman–Crippen LogP) is 4.85. The van der Waals surface area contributed by atoms with E-state index < -0.39 is 0 Å². The van der Waals surface area contributed by atoms with Crippen molar-refractivity contribution < 1.29 is 9.50 Å². The minimum absolute atomic E-state index is 0.0771. The Morgan fingerprint density at radius 3 is 2.84 bits per heavy atom. The molecule has 4 aromatic rings. The predicted molar refractivity (Wildman–Crippen MR) is 119 cm³/mol. The van der Waals surface area contributed by atoms with Crippen LogP contribution in [-0.4, -0.2) is 32.6 Å². The molecule has 0 bridgehead atoms. The maximum Gasteiger partial charge on any atom is 0.149 e. The summed E-state index contributed by atoms with van der Waals surface area (Å²) in [6, 6.07) is 11.7. The number of aromatic nitrogens is 3. The number of pyridine rings is 2. The van der Waals surface area contributed by atoms with E-state index in [1.54, 1.807) is 6.20 Å². The molecule has 0 spiro atoms. The average Bonchev–Trinajstić information content (AvgIpc) is 3.55. The molecule has 1 N–H and O–H groups in total. The Hall–Kier alpha value is -2.99. The van der Waals surface area contributed by atoms with Gasteiger partial charge in [-0.25, -0.2) is 9.37 Å². The molecule has 6 rings (SSSR count). The second kappa shape index (κ2) is 7.31. The lowest BCUT2D eigenvalue weighted by Crippen LogP contribution is -2.39. The largest absolute Gasteiger partial charge is 0.396 e. The molecule has 1 unspecified atom stereocenters. The number of hydrogen-bond donors (Lipinski definition) is 1. The van der Waals surface area contributed by atoms with Crippen LogP contribution in [-0.2, 0) is 0 Å². The van der Waals surface area contributed by atoms with E-state index >= 15 is 0 Å². The topological polar surface area (TPSA) is 53.7 Å². The van der Waals surface area contributed by atoms with Gasteiger partial charge in [0, 0.05) is 30.4 Å². The molecule has 1 aliphatic heterocycles. The Morgan fingerprint density at radius 2 is 2.00 bits per heavy atom. The van der Waals surface area contributed by atoms with Crippen LogP contribution in [0.25, 0.3) is 16.4 Å². The lowest BCUT2D eigenvalue weighted by molar-refractivity contribution is 0.186. The number of piperidine rings is 1. The van der Waals surface area contributed by atoms with Crippen LogP contribution in [0.15, 0.2) is 55.1 Å². The number of imidazole rings is 1. The molecule has 2 fully saturated rings. The second-order valence-corrected chi connectivity index (χ2v) is 8.88. The third-order valence-corrected chi connectivity index (χ3v) is 6.96. The van der Waals surface area contributed by atoms with E-state index in [0.717, 1.165) is 36.0 Å². The summed E-state index contributed by atoms with van der Waals surface area (Å²) >= 11 is 0. The quantitative estimate of drug-likeness (QED) is 0.517. The van der Waals surface area contributed by atoms with Gasteiger partial charge in [-0.05, 0) is 73.4 Å². The van der Waals surface area contributed by atoms with E-state index in [0.29, 0.717) is 11.4 Å². The van der Waals surface area contributed by atoms with Crippen LogP contribution < -0.4 is 4.90 Å². The molecule has 1 aromatic carbocycles. The zero-order chi connectivity index (χ0) is 20.9. The second-order valence-electron chi connectivity index (χ2n) is 8.88. The fourth-order valence-electron chi connectivity index (χ4n) is 5.25. The fraction of sp³-hybridized carbons (Fsp3) is 0.360. The van der Waals surface area contributed by atoms with Gasteiger partial charge in [-0.2, -0.15) is 0 Å². The molecule has 4 heterocycles. The molecule has 1 saturated heterocycles. The van der Waals surface area contributed by atoms with Crippen molar-refractivity contribution in [3.05, 3.63) is 72.2 Å². The van der Waals surface area contributed by atoms with Gasteiger partial charge in [0.1, 0.15) is 11.3 Å². The molecule has 158 valence electrons. The first-order valence-corrected chi connectivity index (χ1v) is 11.1. The van der Waals surface area contributed by atoms with Crippen molar-refractivity contribution in [3.8, 4) is 0 Å². The minimum Gasteiger partial charge on any atom is -0.396 e. The first-order chi connectivity index (χ1) is 15.2. The minimum atomic E-state index is -0.295. The van der Waals surface area contributed by atoms with E-state index in [2.05, 4.69) is 31.4 Å². The van der Waals surface area contributed by atoms with Crippen molar-refractivity contribution in [2.75, 3.05) is 18.1 Å². The fourth-order valence-corrected chi connectivity index (χ4v) is 5.25. The summed E-state index contributed by atoms with van der Waals surface area (Å²) in [5.41, 5.74) is 5.13. The first-order valence-electron chi connectivity index (χ1n) is 11.1. The highest BCUT2D eigenvalue weighted by Gasteiger charge is 2.36. The zero-order valence-electron chi connectivity index (χ0n) is 17.3. The van der Waals surface area contributed by atoms with Crippen molar-refractivity contribution in [3.63, 3.8) is 0 Å². The van der Waals surface area contributed by atoms with Gasteiger partial charge in [0.05, 0.1) is 29.8 Å². The monoisotopic (exact) mass is 416 g/mol. The molecule has 1 aliphatic carbocycles. The molecule has 0 amide bonds. The van der Waals surface area contributed by atoms with Gasteiger partial charge < -0.3 is 14.4 Å². The van der Waals surface area contributed by atoms with Gasteiger partial charge in [-0.3, -0.25) is 4.98 Å². The van der Waals surface area contributed by atoms with E-state index in [-0.39, 0.29) is 24.4 Å². The summed E-state index contributed by atoms with van der Waals surface area (Å²) in [7, 11) is 0. The Morgan fingerprint density at radius 1 is 1.10 bits per heavy atom. The van der Waals surface area contributed by atoms with Crippen molar-refractivity contribution in [1.29, 1.82) is 0 Å². The number of benzene rings is 1. The highest BCUT2D eigenvalue weighted by Crippen LogP contribution is 2.47. The van der Waals surface area contributed by atoms with Crippen molar-refractivity contribution in [2.45, 2.75) is 37.6 Å². The summed E-state index contributed by atoms with van der Waals surface area (Å²) in [5.74, 6) is 0.540. The van der Waals surface area contributed by atoms with Crippen LogP contribution in [0, 0.1) is 11.7 Å². The summed E-state index contributed by atoms with van der Waals surface area (Å²) in [6.45, 7) is 0.995. The van der Waals surface area contributed by atoms with Crippen LogP contribution >= 0.6 is 0 Å². The summed E-state index contributed by atoms with van der Waals surface area (Å²) in [6.07, 6.45) is 9.63. The Labute approximate surface area is 180 Å². The maximum atomic E-state index is 14.5. The molecule has 5 nitrogen and oxygen atoms in total. The number of anilines is 1. The summed E-state index contributed by atoms with van der Waals surface area (Å²) in [4.78, 5) is 11.1. The van der Waals surface area contributed by atoms with Crippen LogP contribution in [0.1, 0.15) is 48.9 Å². The number of fused-ring (bicyclic) bond motifs is 2. The van der Waals surface area contributed by atoms with E-state index in [4.69, 9.17) is 0 Å². The summed E-state index contributed by atoms with van der Waals surface area (Å²) in [5, 5.41) is 10.8. The normalized spacial score (nSPS) is 21.8. The van der Waals surface area contributed by atoms with Gasteiger partial charge in [0.15, 0.2) is 0 Å². The van der Waals surface area contributed by atoms with E-state index in [1.807, 2.05) is 30.7 Å². The molecular weight excluding hydrogens is 391 g/mol. The lowest BCUT2D eigenvalue weighted by atomic mass is 9.86. The highest BCUT2D eigenvalue weighted by atomic mass is 19.1. The Kier molecular flexibility index (Phi) is 4.42. The van der Waals surface area contributed by atoms with Crippen molar-refractivity contribution in [2.24, 2.45) is 5.92 Å². The summed E-state index contributed by atoms with van der Waals surface area (Å²) < 4.78 is 16.7. The Bertz CT molecular complexity index is 1270. The zero-order valence-corrected chi connectivity index (χ0v) is 17.3. The molecule has 2 atom stereocenters. The number of nitrogens with zero attached hydrogens (tertiary/aromatic N) is 4. The van der Waals surface area contributed by atoms with Gasteiger partial charge in [0.25, 0.3) is 0 Å². The van der Waals surface area contributed by atoms with Gasteiger partial charge >= 0.3 is 0 Å². The number of aliphatic hydroxyl groups excluding tert-OH is 1. The van der Waals surface area contributed by atoms with Crippen LogP contribution in [0.2, 0.25) is 0 Å². The van der Waals surface area contributed by atoms with Gasteiger partial charge in [0.2, 0.25) is 0 Å². The molecule has 0 radical (unpaired) electrons. The first kappa shape index (κ1) is 18.8. The highest BCUT2D eigenvalue weighted by molar-refractivity contribution is 5.92. The van der Waals surface area contributed by atoms with Crippen molar-refractivity contribution in [1.82, 2.24) is 14.4 Å². The van der Waals surface area contributed by atoms with Crippen LogP contribution in [0.3, 0.4) is 0 Å². The van der Waals surface area contributed by atoms with Gasteiger partial charge in [-0.1, -0.05) is 6.07 Å². The molecule has 31 heavy (non-hydrogen) atoms. The Balaban J connectivity index is 1.56. The SMILES string of the molecule is OCC1CCN(c2ccc(F)c3ncccc23)[C@@H](c2c(C3CC3)ccc3cncn23)C1. The van der Waals surface area contributed by atoms with E-state index in [1.165, 1.54) is 30.2 Å². The average molecular weight is 417 g/mol. The van der Waals surface area contributed by atoms with E-state index in [9.17, 15) is 9.50 Å². The number of hydrogen-bond acceptors (Lipinski definition) is 4. The number of rotatable bonds is 4.